The van der Waals surface area contributed by atoms with Crippen molar-refractivity contribution in [3.8, 4) is 0 Å². The van der Waals surface area contributed by atoms with Gasteiger partial charge in [-0.15, -0.1) is 0 Å². The molecule has 0 heterocycles. The van der Waals surface area contributed by atoms with Crippen molar-refractivity contribution < 1.29 is 8.42 Å². The van der Waals surface area contributed by atoms with Crippen LogP contribution in [0.15, 0.2) is 17.0 Å². The lowest BCUT2D eigenvalue weighted by Gasteiger charge is -2.22. The normalized spacial score (nSPS) is 13.7. The summed E-state index contributed by atoms with van der Waals surface area (Å²) in [7, 11) is -3.58. The highest BCUT2D eigenvalue weighted by atomic mass is 35.5. The second-order valence-electron chi connectivity index (χ2n) is 5.13. The van der Waals surface area contributed by atoms with E-state index in [9.17, 15) is 8.42 Å². The number of nitrogens with two attached hydrogens (primary N) is 1. The molecule has 1 rings (SSSR count). The van der Waals surface area contributed by atoms with Crippen LogP contribution in [0.1, 0.15) is 39.2 Å². The van der Waals surface area contributed by atoms with Crippen LogP contribution in [0.3, 0.4) is 0 Å². The Morgan fingerprint density at radius 3 is 2.30 bits per heavy atom. The van der Waals surface area contributed by atoms with Gasteiger partial charge in [-0.2, -0.15) is 0 Å². The highest BCUT2D eigenvalue weighted by Crippen LogP contribution is 2.27. The number of halogens is 1. The van der Waals surface area contributed by atoms with E-state index in [0.717, 1.165) is 12.8 Å². The van der Waals surface area contributed by atoms with E-state index in [0.29, 0.717) is 16.5 Å². The van der Waals surface area contributed by atoms with Gasteiger partial charge in [-0.3, -0.25) is 0 Å². The van der Waals surface area contributed by atoms with Gasteiger partial charge in [-0.25, -0.2) is 13.1 Å². The molecule has 0 fully saturated rings. The SMILES string of the molecule is CCC(CC)C(C)NS(=O)(=O)c1cc(C)c(Cl)c(N)c1. The van der Waals surface area contributed by atoms with Gasteiger partial charge in [-0.05, 0) is 37.5 Å². The molecule has 0 spiro atoms. The molecule has 0 radical (unpaired) electrons. The number of aryl methyl sites for hydroxylation is 1. The van der Waals surface area contributed by atoms with E-state index in [-0.39, 0.29) is 16.6 Å². The molecule has 0 aliphatic heterocycles. The second kappa shape index (κ2) is 6.78. The van der Waals surface area contributed by atoms with E-state index < -0.39 is 10.0 Å². The van der Waals surface area contributed by atoms with Crippen molar-refractivity contribution in [1.29, 1.82) is 0 Å². The predicted molar refractivity (Wildman–Crippen MR) is 84.5 cm³/mol. The Hall–Kier alpha value is -0.780. The molecule has 0 saturated carbocycles. The summed E-state index contributed by atoms with van der Waals surface area (Å²) in [6.45, 7) is 7.75. The van der Waals surface area contributed by atoms with Gasteiger partial charge in [0.1, 0.15) is 0 Å². The fourth-order valence-corrected chi connectivity index (χ4v) is 3.86. The number of hydrogen-bond donors (Lipinski definition) is 2. The Kier molecular flexibility index (Phi) is 5.86. The van der Waals surface area contributed by atoms with E-state index >= 15 is 0 Å². The molecule has 0 amide bonds. The Labute approximate surface area is 126 Å². The maximum absolute atomic E-state index is 12.4. The van der Waals surface area contributed by atoms with Crippen molar-refractivity contribution in [3.63, 3.8) is 0 Å². The summed E-state index contributed by atoms with van der Waals surface area (Å²) in [4.78, 5) is 0.162. The van der Waals surface area contributed by atoms with Gasteiger partial charge in [0.15, 0.2) is 0 Å². The third-order valence-electron chi connectivity index (χ3n) is 3.66. The van der Waals surface area contributed by atoms with Crippen LogP contribution >= 0.6 is 11.6 Å². The molecule has 1 atom stereocenters. The number of sulfonamides is 1. The van der Waals surface area contributed by atoms with Gasteiger partial charge in [-0.1, -0.05) is 38.3 Å². The van der Waals surface area contributed by atoms with Gasteiger partial charge < -0.3 is 5.73 Å². The average molecular weight is 319 g/mol. The fraction of sp³-hybridized carbons (Fsp3) is 0.571. The van der Waals surface area contributed by atoms with E-state index in [2.05, 4.69) is 18.6 Å². The molecule has 0 bridgehead atoms. The van der Waals surface area contributed by atoms with Crippen molar-refractivity contribution in [2.75, 3.05) is 5.73 Å². The molecule has 1 aromatic rings. The minimum atomic E-state index is -3.58. The molecule has 3 N–H and O–H groups in total. The van der Waals surface area contributed by atoms with Crippen molar-refractivity contribution in [1.82, 2.24) is 4.72 Å². The van der Waals surface area contributed by atoms with Gasteiger partial charge in [0, 0.05) is 6.04 Å². The van der Waals surface area contributed by atoms with Crippen molar-refractivity contribution >= 4 is 27.3 Å². The first kappa shape index (κ1) is 17.3. The van der Waals surface area contributed by atoms with Gasteiger partial charge in [0.2, 0.25) is 10.0 Å². The molecule has 4 nitrogen and oxygen atoms in total. The summed E-state index contributed by atoms with van der Waals surface area (Å²) in [6.07, 6.45) is 1.87. The van der Waals surface area contributed by atoms with Crippen LogP contribution in [0.2, 0.25) is 5.02 Å². The lowest BCUT2D eigenvalue weighted by Crippen LogP contribution is -2.37. The molecular weight excluding hydrogens is 296 g/mol. The highest BCUT2D eigenvalue weighted by Gasteiger charge is 2.22. The van der Waals surface area contributed by atoms with E-state index in [1.54, 1.807) is 13.0 Å². The highest BCUT2D eigenvalue weighted by molar-refractivity contribution is 7.89. The maximum atomic E-state index is 12.4. The molecular formula is C14H23ClN2O2S. The van der Waals surface area contributed by atoms with Crippen LogP contribution in [-0.2, 0) is 10.0 Å². The maximum Gasteiger partial charge on any atom is 0.240 e. The first-order chi connectivity index (χ1) is 9.22. The molecule has 1 unspecified atom stereocenters. The summed E-state index contributed by atoms with van der Waals surface area (Å²) in [6, 6.07) is 2.82. The van der Waals surface area contributed by atoms with Crippen molar-refractivity contribution in [2.24, 2.45) is 5.92 Å². The molecule has 0 aliphatic carbocycles. The molecule has 0 saturated heterocycles. The van der Waals surface area contributed by atoms with Crippen LogP contribution in [-0.4, -0.2) is 14.5 Å². The third-order valence-corrected chi connectivity index (χ3v) is 5.72. The van der Waals surface area contributed by atoms with Gasteiger partial charge in [0.05, 0.1) is 15.6 Å². The second-order valence-corrected chi connectivity index (χ2v) is 7.22. The Balaban J connectivity index is 3.06. The topological polar surface area (TPSA) is 72.2 Å². The summed E-state index contributed by atoms with van der Waals surface area (Å²) < 4.78 is 27.5. The molecule has 0 aromatic heterocycles. The lowest BCUT2D eigenvalue weighted by molar-refractivity contribution is 0.391. The van der Waals surface area contributed by atoms with E-state index in [1.807, 2.05) is 6.92 Å². The zero-order chi connectivity index (χ0) is 15.5. The van der Waals surface area contributed by atoms with Crippen LogP contribution < -0.4 is 10.5 Å². The Morgan fingerprint density at radius 1 is 1.30 bits per heavy atom. The Bertz CT molecular complexity index is 546. The van der Waals surface area contributed by atoms with Gasteiger partial charge in [0.25, 0.3) is 0 Å². The minimum Gasteiger partial charge on any atom is -0.397 e. The Morgan fingerprint density at radius 2 is 1.85 bits per heavy atom. The summed E-state index contributed by atoms with van der Waals surface area (Å²) >= 11 is 5.96. The van der Waals surface area contributed by atoms with E-state index in [4.69, 9.17) is 17.3 Å². The van der Waals surface area contributed by atoms with Crippen molar-refractivity contribution in [2.45, 2.75) is 51.5 Å². The number of rotatable bonds is 6. The number of anilines is 1. The predicted octanol–water partition coefficient (Wildman–Crippen LogP) is 3.33. The molecule has 114 valence electrons. The first-order valence-electron chi connectivity index (χ1n) is 6.80. The van der Waals surface area contributed by atoms with Gasteiger partial charge >= 0.3 is 0 Å². The monoisotopic (exact) mass is 318 g/mol. The molecule has 1 aromatic carbocycles. The van der Waals surface area contributed by atoms with Crippen LogP contribution in [0.5, 0.6) is 0 Å². The average Bonchev–Trinajstić information content (AvgIpc) is 2.36. The minimum absolute atomic E-state index is 0.118. The van der Waals surface area contributed by atoms with Crippen LogP contribution in [0.25, 0.3) is 0 Å². The van der Waals surface area contributed by atoms with Crippen molar-refractivity contribution in [3.05, 3.63) is 22.7 Å². The number of nitrogens with one attached hydrogen (secondary N) is 1. The summed E-state index contributed by atoms with van der Waals surface area (Å²) in [5.41, 5.74) is 6.67. The largest absolute Gasteiger partial charge is 0.397 e. The number of benzene rings is 1. The zero-order valence-corrected chi connectivity index (χ0v) is 14.0. The summed E-state index contributed by atoms with van der Waals surface area (Å²) in [5, 5.41) is 0.400. The molecule has 6 heteroatoms. The van der Waals surface area contributed by atoms with Crippen LogP contribution in [0.4, 0.5) is 5.69 Å². The zero-order valence-electron chi connectivity index (χ0n) is 12.4. The smallest absolute Gasteiger partial charge is 0.240 e. The third kappa shape index (κ3) is 3.87. The molecule has 0 aliphatic rings. The summed E-state index contributed by atoms with van der Waals surface area (Å²) in [5.74, 6) is 0.315. The quantitative estimate of drug-likeness (QED) is 0.790. The fourth-order valence-electron chi connectivity index (χ4n) is 2.32. The molecule has 20 heavy (non-hydrogen) atoms. The number of hydrogen-bond acceptors (Lipinski definition) is 3. The van der Waals surface area contributed by atoms with Crippen LogP contribution in [0, 0.1) is 12.8 Å². The van der Waals surface area contributed by atoms with E-state index in [1.165, 1.54) is 6.07 Å². The standard InChI is InChI=1S/C14H23ClN2O2S/c1-5-11(6-2)10(4)17-20(18,19)12-7-9(3)14(15)13(16)8-12/h7-8,10-11,17H,5-6,16H2,1-4H3. The number of nitrogen functional groups attached to an aromatic ring is 1. The lowest BCUT2D eigenvalue weighted by atomic mass is 9.96. The first-order valence-corrected chi connectivity index (χ1v) is 8.67.